The van der Waals surface area contributed by atoms with Gasteiger partial charge >= 0.3 is 6.01 Å². The molecule has 0 aromatic carbocycles. The number of methoxy groups -OCH3 is 1. The molecule has 2 aromatic rings. The Labute approximate surface area is 111 Å². The molecule has 2 aromatic heterocycles. The third kappa shape index (κ3) is 2.44. The summed E-state index contributed by atoms with van der Waals surface area (Å²) in [7, 11) is 1.46. The van der Waals surface area contributed by atoms with Crippen LogP contribution in [0.2, 0.25) is 0 Å². The summed E-state index contributed by atoms with van der Waals surface area (Å²) in [6.45, 7) is 6.78. The Bertz CT molecular complexity index is 599. The third-order valence-corrected chi connectivity index (χ3v) is 3.01. The van der Waals surface area contributed by atoms with Crippen molar-refractivity contribution < 1.29 is 9.53 Å². The summed E-state index contributed by atoms with van der Waals surface area (Å²) in [6.07, 6.45) is 0. The smallest absolute Gasteiger partial charge is 0.336 e. The van der Waals surface area contributed by atoms with Gasteiger partial charge in [-0.25, -0.2) is 5.10 Å². The van der Waals surface area contributed by atoms with Gasteiger partial charge in [-0.05, 0) is 26.8 Å². The van der Waals surface area contributed by atoms with Crippen LogP contribution in [0.5, 0.6) is 6.01 Å². The fourth-order valence-corrected chi connectivity index (χ4v) is 2.09. The topological polar surface area (TPSA) is 84.8 Å². The average Bonchev–Trinajstić information content (AvgIpc) is 2.94. The van der Waals surface area contributed by atoms with E-state index < -0.39 is 0 Å². The summed E-state index contributed by atoms with van der Waals surface area (Å²) in [6, 6.07) is 2.05. The Morgan fingerprint density at radius 2 is 2.26 bits per heavy atom. The van der Waals surface area contributed by atoms with Crippen molar-refractivity contribution in [3.63, 3.8) is 0 Å². The minimum Gasteiger partial charge on any atom is -0.466 e. The Kier molecular flexibility index (Phi) is 3.55. The molecule has 0 aliphatic rings. The molecule has 1 amide bonds. The zero-order chi connectivity index (χ0) is 14.0. The van der Waals surface area contributed by atoms with Crippen LogP contribution in [-0.2, 0) is 6.54 Å². The van der Waals surface area contributed by atoms with Crippen LogP contribution in [0.25, 0.3) is 0 Å². The van der Waals surface area contributed by atoms with Crippen LogP contribution in [0.1, 0.15) is 28.7 Å². The first-order chi connectivity index (χ1) is 9.06. The lowest BCUT2D eigenvalue weighted by atomic mass is 10.2. The molecule has 0 saturated carbocycles. The summed E-state index contributed by atoms with van der Waals surface area (Å²) >= 11 is 0. The van der Waals surface area contributed by atoms with Crippen molar-refractivity contribution in [2.75, 3.05) is 12.4 Å². The van der Waals surface area contributed by atoms with E-state index in [0.717, 1.165) is 17.9 Å². The average molecular weight is 263 g/mol. The first kappa shape index (κ1) is 13.1. The number of aryl methyl sites for hydroxylation is 1. The molecule has 7 heteroatoms. The van der Waals surface area contributed by atoms with Crippen molar-refractivity contribution in [3.8, 4) is 6.01 Å². The molecule has 2 N–H and O–H groups in total. The van der Waals surface area contributed by atoms with Gasteiger partial charge in [0.05, 0.1) is 12.7 Å². The van der Waals surface area contributed by atoms with E-state index in [2.05, 4.69) is 25.1 Å². The number of rotatable bonds is 4. The van der Waals surface area contributed by atoms with Crippen molar-refractivity contribution in [1.82, 2.24) is 19.7 Å². The minimum absolute atomic E-state index is 0.189. The fraction of sp³-hybridized carbons (Fsp3) is 0.417. The number of hydrogen-bond donors (Lipinski definition) is 2. The van der Waals surface area contributed by atoms with Crippen LogP contribution in [-0.4, -0.2) is 32.8 Å². The summed E-state index contributed by atoms with van der Waals surface area (Å²) < 4.78 is 6.92. The lowest BCUT2D eigenvalue weighted by molar-refractivity contribution is 0.102. The number of H-pyrrole nitrogens is 1. The predicted octanol–water partition coefficient (Wildman–Crippen LogP) is 1.50. The maximum atomic E-state index is 12.2. The number of hydrogen-bond acceptors (Lipinski definition) is 4. The maximum absolute atomic E-state index is 12.2. The number of aromatic nitrogens is 4. The van der Waals surface area contributed by atoms with Gasteiger partial charge in [0.2, 0.25) is 5.95 Å². The van der Waals surface area contributed by atoms with Crippen LogP contribution in [0.15, 0.2) is 6.07 Å². The normalized spacial score (nSPS) is 10.5. The van der Waals surface area contributed by atoms with E-state index in [0.29, 0.717) is 5.56 Å². The Morgan fingerprint density at radius 1 is 1.53 bits per heavy atom. The molecule has 0 fully saturated rings. The molecule has 19 heavy (non-hydrogen) atoms. The van der Waals surface area contributed by atoms with Gasteiger partial charge in [-0.15, -0.1) is 5.10 Å². The minimum atomic E-state index is -0.216. The molecular weight excluding hydrogens is 246 g/mol. The van der Waals surface area contributed by atoms with Crippen molar-refractivity contribution in [2.24, 2.45) is 0 Å². The largest absolute Gasteiger partial charge is 0.466 e. The summed E-state index contributed by atoms with van der Waals surface area (Å²) in [5.41, 5.74) is 2.62. The van der Waals surface area contributed by atoms with Gasteiger partial charge in [-0.1, -0.05) is 0 Å². The maximum Gasteiger partial charge on any atom is 0.336 e. The van der Waals surface area contributed by atoms with E-state index in [9.17, 15) is 4.79 Å². The highest BCUT2D eigenvalue weighted by atomic mass is 16.5. The van der Waals surface area contributed by atoms with Gasteiger partial charge < -0.3 is 9.30 Å². The number of anilines is 1. The van der Waals surface area contributed by atoms with Crippen molar-refractivity contribution in [2.45, 2.75) is 27.3 Å². The number of ether oxygens (including phenoxy) is 1. The van der Waals surface area contributed by atoms with E-state index in [-0.39, 0.29) is 17.9 Å². The Hall–Kier alpha value is -2.31. The van der Waals surface area contributed by atoms with Gasteiger partial charge in [-0.3, -0.25) is 10.1 Å². The predicted molar refractivity (Wildman–Crippen MR) is 70.5 cm³/mol. The first-order valence-electron chi connectivity index (χ1n) is 6.01. The van der Waals surface area contributed by atoms with Crippen molar-refractivity contribution in [1.29, 1.82) is 0 Å². The highest BCUT2D eigenvalue weighted by Gasteiger charge is 2.16. The molecule has 0 saturated heterocycles. The Morgan fingerprint density at radius 3 is 2.79 bits per heavy atom. The lowest BCUT2D eigenvalue weighted by Gasteiger charge is -2.05. The summed E-state index contributed by atoms with van der Waals surface area (Å²) in [5, 5.41) is 9.01. The second kappa shape index (κ2) is 5.13. The van der Waals surface area contributed by atoms with Crippen molar-refractivity contribution in [3.05, 3.63) is 23.0 Å². The zero-order valence-electron chi connectivity index (χ0n) is 11.4. The van der Waals surface area contributed by atoms with Gasteiger partial charge in [0.15, 0.2) is 0 Å². The molecule has 0 radical (unpaired) electrons. The van der Waals surface area contributed by atoms with E-state index in [1.807, 2.05) is 26.8 Å². The molecule has 2 heterocycles. The molecule has 0 spiro atoms. The number of carbonyl (C=O) groups excluding carboxylic acids is 1. The molecule has 0 aliphatic carbocycles. The molecular formula is C12H17N5O2. The highest BCUT2D eigenvalue weighted by molar-refractivity contribution is 6.04. The number of nitrogens with one attached hydrogen (secondary N) is 2. The third-order valence-electron chi connectivity index (χ3n) is 3.01. The molecule has 0 unspecified atom stereocenters. The molecule has 2 rings (SSSR count). The van der Waals surface area contributed by atoms with E-state index in [1.54, 1.807) is 0 Å². The Balaban J connectivity index is 2.20. The zero-order valence-corrected chi connectivity index (χ0v) is 11.4. The number of aromatic amines is 1. The van der Waals surface area contributed by atoms with Crippen molar-refractivity contribution >= 4 is 11.9 Å². The van der Waals surface area contributed by atoms with Crippen LogP contribution < -0.4 is 10.1 Å². The fourth-order valence-electron chi connectivity index (χ4n) is 2.09. The van der Waals surface area contributed by atoms with E-state index >= 15 is 0 Å². The van der Waals surface area contributed by atoms with Crippen LogP contribution in [0.3, 0.4) is 0 Å². The van der Waals surface area contributed by atoms with Gasteiger partial charge in [0.25, 0.3) is 5.91 Å². The van der Waals surface area contributed by atoms with Gasteiger partial charge in [0.1, 0.15) is 0 Å². The molecule has 0 atom stereocenters. The van der Waals surface area contributed by atoms with Gasteiger partial charge in [0, 0.05) is 17.9 Å². The SMILES string of the molecule is CCn1c(C)cc(C(=O)Nc2nc(OC)n[nH]2)c1C. The van der Waals surface area contributed by atoms with Crippen LogP contribution >= 0.6 is 0 Å². The number of carbonyl (C=O) groups is 1. The second-order valence-corrected chi connectivity index (χ2v) is 4.15. The number of amides is 1. The second-order valence-electron chi connectivity index (χ2n) is 4.15. The molecule has 102 valence electrons. The molecule has 7 nitrogen and oxygen atoms in total. The summed E-state index contributed by atoms with van der Waals surface area (Å²) in [5.74, 6) is 0.0507. The quantitative estimate of drug-likeness (QED) is 0.875. The van der Waals surface area contributed by atoms with Crippen LogP contribution in [0, 0.1) is 13.8 Å². The lowest BCUT2D eigenvalue weighted by Crippen LogP contribution is -2.14. The highest BCUT2D eigenvalue weighted by Crippen LogP contribution is 2.16. The first-order valence-corrected chi connectivity index (χ1v) is 6.01. The monoisotopic (exact) mass is 263 g/mol. The number of nitrogens with zero attached hydrogens (tertiary/aromatic N) is 3. The molecule has 0 aliphatic heterocycles. The van der Waals surface area contributed by atoms with E-state index in [4.69, 9.17) is 4.74 Å². The van der Waals surface area contributed by atoms with Crippen LogP contribution in [0.4, 0.5) is 5.95 Å². The molecule has 0 bridgehead atoms. The summed E-state index contributed by atoms with van der Waals surface area (Å²) in [4.78, 5) is 16.1. The standard InChI is InChI=1S/C12H17N5O2/c1-5-17-7(2)6-9(8(17)3)10(18)13-11-14-12(19-4)16-15-11/h6H,5H2,1-4H3,(H2,13,14,15,16,18). The van der Waals surface area contributed by atoms with Gasteiger partial charge in [-0.2, -0.15) is 4.98 Å². The van der Waals surface area contributed by atoms with E-state index in [1.165, 1.54) is 7.11 Å².